The van der Waals surface area contributed by atoms with Crippen LogP contribution in [0.25, 0.3) is 0 Å². The van der Waals surface area contributed by atoms with Crippen molar-refractivity contribution in [1.29, 1.82) is 0 Å². The van der Waals surface area contributed by atoms with Gasteiger partial charge in [0.2, 0.25) is 0 Å². The molecule has 0 N–H and O–H groups in total. The molecule has 1 nitrogen and oxygen atoms in total. The van der Waals surface area contributed by atoms with Gasteiger partial charge < -0.3 is 0 Å². The molecular weight excluding hydrogens is 227 g/mol. The van der Waals surface area contributed by atoms with Crippen molar-refractivity contribution in [3.63, 3.8) is 0 Å². The predicted octanol–water partition coefficient (Wildman–Crippen LogP) is 3.22. The molecule has 0 heterocycles. The van der Waals surface area contributed by atoms with E-state index in [2.05, 4.69) is 15.9 Å². The average Bonchev–Trinajstić information content (AvgIpc) is 1.97. The fourth-order valence-corrected chi connectivity index (χ4v) is 1.38. The molecule has 0 unspecified atom stereocenters. The fraction of sp³-hybridized carbons (Fsp3) is 0.125. The second kappa shape index (κ2) is 3.37. The highest BCUT2D eigenvalue weighted by molar-refractivity contribution is 9.10. The maximum atomic E-state index is 10.4. The van der Waals surface area contributed by atoms with Crippen LogP contribution in [0.3, 0.4) is 0 Å². The van der Waals surface area contributed by atoms with E-state index in [9.17, 15) is 4.79 Å². The van der Waals surface area contributed by atoms with Gasteiger partial charge in [0, 0.05) is 10.0 Å². The van der Waals surface area contributed by atoms with E-state index in [1.165, 1.54) is 0 Å². The van der Waals surface area contributed by atoms with Gasteiger partial charge in [-0.1, -0.05) is 27.5 Å². The van der Waals surface area contributed by atoms with Crippen molar-refractivity contribution in [2.75, 3.05) is 0 Å². The molecule has 11 heavy (non-hydrogen) atoms. The lowest BCUT2D eigenvalue weighted by molar-refractivity contribution is 0.112. The van der Waals surface area contributed by atoms with Crippen LogP contribution in [0.4, 0.5) is 0 Å². The number of aryl methyl sites for hydroxylation is 1. The summed E-state index contributed by atoms with van der Waals surface area (Å²) in [6.45, 7) is 1.92. The molecule has 0 aliphatic heterocycles. The maximum Gasteiger partial charge on any atom is 0.151 e. The molecule has 3 heteroatoms. The molecule has 1 rings (SSSR count). The number of carbonyl (C=O) groups is 1. The van der Waals surface area contributed by atoms with Crippen molar-refractivity contribution in [2.45, 2.75) is 6.92 Å². The van der Waals surface area contributed by atoms with Gasteiger partial charge in [-0.3, -0.25) is 4.79 Å². The van der Waals surface area contributed by atoms with Crippen LogP contribution in [0.1, 0.15) is 15.9 Å². The first-order valence-corrected chi connectivity index (χ1v) is 4.23. The average molecular weight is 233 g/mol. The van der Waals surface area contributed by atoms with Crippen LogP contribution < -0.4 is 0 Å². The van der Waals surface area contributed by atoms with Gasteiger partial charge in [0.1, 0.15) is 0 Å². The lowest BCUT2D eigenvalue weighted by Crippen LogP contribution is -1.84. The van der Waals surface area contributed by atoms with Crippen molar-refractivity contribution in [3.8, 4) is 0 Å². The summed E-state index contributed by atoms with van der Waals surface area (Å²) in [5.74, 6) is 0. The molecule has 58 valence electrons. The summed E-state index contributed by atoms with van der Waals surface area (Å²) in [6.07, 6.45) is 0.743. The van der Waals surface area contributed by atoms with Gasteiger partial charge in [-0.25, -0.2) is 0 Å². The highest BCUT2D eigenvalue weighted by atomic mass is 79.9. The Morgan fingerprint density at radius 3 is 2.73 bits per heavy atom. The largest absolute Gasteiger partial charge is 0.298 e. The van der Waals surface area contributed by atoms with Crippen molar-refractivity contribution in [1.82, 2.24) is 0 Å². The first-order chi connectivity index (χ1) is 5.15. The number of rotatable bonds is 1. The normalized spacial score (nSPS) is 9.73. The first-order valence-electron chi connectivity index (χ1n) is 3.06. The zero-order valence-corrected chi connectivity index (χ0v) is 8.24. The van der Waals surface area contributed by atoms with Crippen LogP contribution in [0.15, 0.2) is 16.6 Å². The van der Waals surface area contributed by atoms with Crippen molar-refractivity contribution in [3.05, 3.63) is 32.8 Å². The van der Waals surface area contributed by atoms with E-state index in [4.69, 9.17) is 11.6 Å². The number of halogens is 2. The molecular formula is C8H6BrClO. The van der Waals surface area contributed by atoms with Gasteiger partial charge in [0.15, 0.2) is 6.29 Å². The minimum absolute atomic E-state index is 0.501. The molecule has 0 saturated heterocycles. The molecule has 1 aromatic carbocycles. The molecule has 0 bridgehead atoms. The Labute approximate surface area is 78.5 Å². The summed E-state index contributed by atoms with van der Waals surface area (Å²) < 4.78 is 0.906. The van der Waals surface area contributed by atoms with Crippen LogP contribution >= 0.6 is 27.5 Å². The van der Waals surface area contributed by atoms with Gasteiger partial charge in [-0.05, 0) is 24.6 Å². The van der Waals surface area contributed by atoms with Crippen LogP contribution in [0, 0.1) is 6.92 Å². The summed E-state index contributed by atoms with van der Waals surface area (Å²) in [5.41, 5.74) is 1.55. The van der Waals surface area contributed by atoms with E-state index in [-0.39, 0.29) is 0 Å². The maximum absolute atomic E-state index is 10.4. The van der Waals surface area contributed by atoms with Crippen LogP contribution in [0.2, 0.25) is 5.02 Å². The summed E-state index contributed by atoms with van der Waals surface area (Å²) >= 11 is 9.05. The van der Waals surface area contributed by atoms with E-state index >= 15 is 0 Å². The third kappa shape index (κ3) is 1.82. The Bertz CT molecular complexity index is 296. The zero-order chi connectivity index (χ0) is 8.43. The van der Waals surface area contributed by atoms with Gasteiger partial charge >= 0.3 is 0 Å². The predicted molar refractivity (Wildman–Crippen MR) is 49.3 cm³/mol. The molecule has 1 aromatic rings. The minimum Gasteiger partial charge on any atom is -0.298 e. The van der Waals surface area contributed by atoms with Gasteiger partial charge in [-0.2, -0.15) is 0 Å². The molecule has 0 saturated carbocycles. The molecule has 0 atom stereocenters. The highest BCUT2D eigenvalue weighted by Gasteiger charge is 2.01. The SMILES string of the molecule is Cc1cc(Cl)c(C=O)cc1Br. The van der Waals surface area contributed by atoms with Gasteiger partial charge in [0.25, 0.3) is 0 Å². The van der Waals surface area contributed by atoms with Crippen LogP contribution in [-0.4, -0.2) is 6.29 Å². The van der Waals surface area contributed by atoms with E-state index in [1.807, 2.05) is 6.92 Å². The van der Waals surface area contributed by atoms with E-state index in [0.29, 0.717) is 10.6 Å². The summed E-state index contributed by atoms with van der Waals surface area (Å²) in [6, 6.07) is 3.47. The third-order valence-corrected chi connectivity index (χ3v) is 2.59. The quantitative estimate of drug-likeness (QED) is 0.681. The summed E-state index contributed by atoms with van der Waals surface area (Å²) in [7, 11) is 0. The fourth-order valence-electron chi connectivity index (χ4n) is 0.752. The van der Waals surface area contributed by atoms with E-state index in [1.54, 1.807) is 12.1 Å². The van der Waals surface area contributed by atoms with E-state index < -0.39 is 0 Å². The molecule has 0 aromatic heterocycles. The smallest absolute Gasteiger partial charge is 0.151 e. The number of hydrogen-bond donors (Lipinski definition) is 0. The van der Waals surface area contributed by atoms with Gasteiger partial charge in [0.05, 0.1) is 5.02 Å². The standard InChI is InChI=1S/C8H6BrClO/c1-5-2-8(10)6(4-11)3-7(5)9/h2-4H,1H3. The van der Waals surface area contributed by atoms with Crippen molar-refractivity contribution >= 4 is 33.8 Å². The number of hydrogen-bond acceptors (Lipinski definition) is 1. The monoisotopic (exact) mass is 232 g/mol. The second-order valence-electron chi connectivity index (χ2n) is 2.24. The first kappa shape index (κ1) is 8.75. The van der Waals surface area contributed by atoms with E-state index in [0.717, 1.165) is 16.3 Å². The molecule has 0 spiro atoms. The summed E-state index contributed by atoms with van der Waals surface area (Å²) in [5, 5.41) is 0.501. The number of benzene rings is 1. The molecule has 0 amide bonds. The van der Waals surface area contributed by atoms with Gasteiger partial charge in [-0.15, -0.1) is 0 Å². The number of aldehydes is 1. The third-order valence-electron chi connectivity index (χ3n) is 1.40. The Balaban J connectivity index is 3.31. The Hall–Kier alpha value is -0.340. The zero-order valence-electron chi connectivity index (χ0n) is 5.90. The molecule has 0 aliphatic rings. The van der Waals surface area contributed by atoms with Crippen LogP contribution in [0.5, 0.6) is 0 Å². The minimum atomic E-state index is 0.501. The Kier molecular flexibility index (Phi) is 2.68. The van der Waals surface area contributed by atoms with Crippen molar-refractivity contribution in [2.24, 2.45) is 0 Å². The summed E-state index contributed by atoms with van der Waals surface area (Å²) in [4.78, 5) is 10.4. The molecule has 0 radical (unpaired) electrons. The topological polar surface area (TPSA) is 17.1 Å². The van der Waals surface area contributed by atoms with Crippen molar-refractivity contribution < 1.29 is 4.79 Å². The van der Waals surface area contributed by atoms with Crippen LogP contribution in [-0.2, 0) is 0 Å². The Morgan fingerprint density at radius 1 is 1.55 bits per heavy atom. The molecule has 0 fully saturated rings. The highest BCUT2D eigenvalue weighted by Crippen LogP contribution is 2.23. The molecule has 0 aliphatic carbocycles. The Morgan fingerprint density at radius 2 is 2.18 bits per heavy atom. The second-order valence-corrected chi connectivity index (χ2v) is 3.50. The lowest BCUT2D eigenvalue weighted by atomic mass is 10.2. The lowest BCUT2D eigenvalue weighted by Gasteiger charge is -2.00. The number of carbonyl (C=O) groups excluding carboxylic acids is 1.